The molecule has 1 aliphatic carbocycles. The van der Waals surface area contributed by atoms with Crippen LogP contribution >= 0.6 is 0 Å². The van der Waals surface area contributed by atoms with Gasteiger partial charge in [0.25, 0.3) is 11.8 Å². The summed E-state index contributed by atoms with van der Waals surface area (Å²) in [6, 6.07) is 3.52. The lowest BCUT2D eigenvalue weighted by atomic mass is 10.0. The van der Waals surface area contributed by atoms with Crippen molar-refractivity contribution >= 4 is 16.9 Å². The fraction of sp³-hybridized carbons (Fsp3) is 0.474. The third-order valence-electron chi connectivity index (χ3n) is 5.56. The normalized spacial score (nSPS) is 23.2. The number of carbonyl (C=O) groups is 1. The van der Waals surface area contributed by atoms with E-state index in [1.165, 1.54) is 4.90 Å². The second kappa shape index (κ2) is 5.53. The number of benzene rings is 1. The summed E-state index contributed by atoms with van der Waals surface area (Å²) in [5.74, 6) is -3.88. The van der Waals surface area contributed by atoms with Crippen LogP contribution in [0.25, 0.3) is 11.0 Å². The van der Waals surface area contributed by atoms with Gasteiger partial charge in [0, 0.05) is 18.7 Å². The van der Waals surface area contributed by atoms with Crippen LogP contribution in [0, 0.1) is 32.6 Å². The minimum Gasteiger partial charge on any atom is -0.483 e. The molecule has 1 aliphatic heterocycles. The van der Waals surface area contributed by atoms with E-state index in [0.29, 0.717) is 22.3 Å². The lowest BCUT2D eigenvalue weighted by Crippen LogP contribution is -2.36. The van der Waals surface area contributed by atoms with Crippen molar-refractivity contribution in [3.8, 4) is 5.75 Å². The zero-order valence-electron chi connectivity index (χ0n) is 14.8. The number of hydrogen-bond acceptors (Lipinski definition) is 4. The number of aryl methyl sites for hydroxylation is 2. The largest absolute Gasteiger partial charge is 0.483 e. The Kier molecular flexibility index (Phi) is 3.61. The Labute approximate surface area is 148 Å². The maximum atomic E-state index is 13.3. The molecule has 0 N–H and O–H groups in total. The maximum absolute atomic E-state index is 13.3. The molecular formula is C19H19F2NO4. The van der Waals surface area contributed by atoms with E-state index in [4.69, 9.17) is 9.15 Å². The van der Waals surface area contributed by atoms with Crippen LogP contribution in [0.3, 0.4) is 0 Å². The average molecular weight is 363 g/mol. The Balaban J connectivity index is 1.55. The van der Waals surface area contributed by atoms with E-state index in [2.05, 4.69) is 0 Å². The molecular weight excluding hydrogens is 344 g/mol. The molecule has 4 rings (SSSR count). The van der Waals surface area contributed by atoms with Gasteiger partial charge in [-0.2, -0.15) is 0 Å². The predicted octanol–water partition coefficient (Wildman–Crippen LogP) is 2.82. The topological polar surface area (TPSA) is 59.8 Å². The number of amides is 1. The molecule has 2 unspecified atom stereocenters. The number of rotatable bonds is 3. The van der Waals surface area contributed by atoms with Gasteiger partial charge in [0.05, 0.1) is 17.2 Å². The van der Waals surface area contributed by atoms with Crippen molar-refractivity contribution in [2.24, 2.45) is 11.8 Å². The first-order chi connectivity index (χ1) is 12.2. The minimum atomic E-state index is -2.61. The number of piperidine rings is 1. The van der Waals surface area contributed by atoms with Crippen molar-refractivity contribution in [2.75, 3.05) is 19.7 Å². The number of ether oxygens (including phenoxy) is 1. The highest BCUT2D eigenvalue weighted by molar-refractivity contribution is 5.88. The van der Waals surface area contributed by atoms with Gasteiger partial charge in [0.1, 0.15) is 11.3 Å². The highest BCUT2D eigenvalue weighted by Crippen LogP contribution is 2.59. The summed E-state index contributed by atoms with van der Waals surface area (Å²) in [7, 11) is 0. The molecule has 5 nitrogen and oxygen atoms in total. The van der Waals surface area contributed by atoms with Gasteiger partial charge in [-0.15, -0.1) is 0 Å². The summed E-state index contributed by atoms with van der Waals surface area (Å²) in [6.45, 7) is 5.24. The number of fused-ring (bicyclic) bond motifs is 2. The van der Waals surface area contributed by atoms with E-state index >= 15 is 0 Å². The van der Waals surface area contributed by atoms with Crippen molar-refractivity contribution in [3.05, 3.63) is 39.2 Å². The Bertz CT molecular complexity index is 968. The van der Waals surface area contributed by atoms with Crippen molar-refractivity contribution < 1.29 is 22.7 Å². The Morgan fingerprint density at radius 3 is 2.54 bits per heavy atom. The van der Waals surface area contributed by atoms with Gasteiger partial charge in [-0.3, -0.25) is 4.79 Å². The van der Waals surface area contributed by atoms with Gasteiger partial charge in [0.15, 0.2) is 6.61 Å². The first-order valence-corrected chi connectivity index (χ1v) is 8.53. The van der Waals surface area contributed by atoms with Crippen LogP contribution in [0.1, 0.15) is 16.7 Å². The van der Waals surface area contributed by atoms with E-state index in [0.717, 1.165) is 11.1 Å². The highest BCUT2D eigenvalue weighted by atomic mass is 19.3. The summed E-state index contributed by atoms with van der Waals surface area (Å²) in [6.07, 6.45) is 0. The lowest BCUT2D eigenvalue weighted by Gasteiger charge is -2.20. The van der Waals surface area contributed by atoms with E-state index in [-0.39, 0.29) is 25.6 Å². The average Bonchev–Trinajstić information content (AvgIpc) is 2.94. The van der Waals surface area contributed by atoms with Gasteiger partial charge < -0.3 is 14.1 Å². The van der Waals surface area contributed by atoms with E-state index < -0.39 is 23.4 Å². The SMILES string of the molecule is Cc1cc(OCC(=O)N2CC3C(C2)C3(F)F)c2c(C)c(C)c(=O)oc2c1. The predicted molar refractivity (Wildman–Crippen MR) is 90.7 cm³/mol. The molecule has 0 spiro atoms. The van der Waals surface area contributed by atoms with Gasteiger partial charge in [-0.1, -0.05) is 0 Å². The Morgan fingerprint density at radius 2 is 1.88 bits per heavy atom. The molecule has 1 saturated carbocycles. The molecule has 1 aromatic heterocycles. The van der Waals surface area contributed by atoms with Gasteiger partial charge in [-0.05, 0) is 44.0 Å². The zero-order chi connectivity index (χ0) is 18.8. The number of halogens is 2. The van der Waals surface area contributed by atoms with Crippen LogP contribution in [0.15, 0.2) is 21.3 Å². The fourth-order valence-corrected chi connectivity index (χ4v) is 3.74. The number of likely N-dealkylation sites (tertiary alicyclic amines) is 1. The van der Waals surface area contributed by atoms with Crippen LogP contribution in [-0.2, 0) is 4.79 Å². The number of nitrogens with zero attached hydrogens (tertiary/aromatic N) is 1. The Morgan fingerprint density at radius 1 is 1.23 bits per heavy atom. The molecule has 1 saturated heterocycles. The zero-order valence-corrected chi connectivity index (χ0v) is 14.8. The fourth-order valence-electron chi connectivity index (χ4n) is 3.74. The molecule has 26 heavy (non-hydrogen) atoms. The summed E-state index contributed by atoms with van der Waals surface area (Å²) in [5.41, 5.74) is 2.05. The third-order valence-corrected chi connectivity index (χ3v) is 5.56. The monoisotopic (exact) mass is 363 g/mol. The highest BCUT2D eigenvalue weighted by Gasteiger charge is 2.72. The molecule has 138 valence electrons. The molecule has 2 heterocycles. The quantitative estimate of drug-likeness (QED) is 0.787. The molecule has 2 fully saturated rings. The summed E-state index contributed by atoms with van der Waals surface area (Å²) < 4.78 is 37.6. The summed E-state index contributed by atoms with van der Waals surface area (Å²) in [4.78, 5) is 25.6. The summed E-state index contributed by atoms with van der Waals surface area (Å²) in [5, 5.41) is 0.649. The molecule has 0 radical (unpaired) electrons. The minimum absolute atomic E-state index is 0.0848. The van der Waals surface area contributed by atoms with Gasteiger partial charge in [-0.25, -0.2) is 13.6 Å². The first-order valence-electron chi connectivity index (χ1n) is 8.53. The molecule has 1 amide bonds. The molecule has 7 heteroatoms. The standard InChI is InChI=1S/C19H19F2NO4/c1-9-4-14(17-10(2)11(3)18(24)26-15(17)5-9)25-8-16(23)22-6-12-13(7-22)19(12,20)21/h4-5,12-13H,6-8H2,1-3H3. The van der Waals surface area contributed by atoms with Crippen LogP contribution in [0.5, 0.6) is 5.75 Å². The van der Waals surface area contributed by atoms with Crippen molar-refractivity contribution in [1.82, 2.24) is 4.90 Å². The second-order valence-corrected chi connectivity index (χ2v) is 7.25. The smallest absolute Gasteiger partial charge is 0.339 e. The van der Waals surface area contributed by atoms with Crippen molar-refractivity contribution in [3.63, 3.8) is 0 Å². The molecule has 2 atom stereocenters. The van der Waals surface area contributed by atoms with Crippen LogP contribution in [0.4, 0.5) is 8.78 Å². The maximum Gasteiger partial charge on any atom is 0.339 e. The number of alkyl halides is 2. The van der Waals surface area contributed by atoms with Crippen LogP contribution < -0.4 is 10.4 Å². The second-order valence-electron chi connectivity index (χ2n) is 7.25. The van der Waals surface area contributed by atoms with Crippen LogP contribution in [-0.4, -0.2) is 36.4 Å². The molecule has 2 aromatic rings. The van der Waals surface area contributed by atoms with E-state index in [1.807, 2.05) is 6.92 Å². The molecule has 1 aromatic carbocycles. The van der Waals surface area contributed by atoms with E-state index in [9.17, 15) is 18.4 Å². The first kappa shape index (κ1) is 17.0. The molecule has 0 bridgehead atoms. The Hall–Kier alpha value is -2.44. The summed E-state index contributed by atoms with van der Waals surface area (Å²) >= 11 is 0. The third kappa shape index (κ3) is 2.48. The van der Waals surface area contributed by atoms with Crippen molar-refractivity contribution in [2.45, 2.75) is 26.7 Å². The number of hydrogen-bond donors (Lipinski definition) is 0. The van der Waals surface area contributed by atoms with Crippen LogP contribution in [0.2, 0.25) is 0 Å². The number of carbonyl (C=O) groups excluding carboxylic acids is 1. The van der Waals surface area contributed by atoms with Crippen molar-refractivity contribution in [1.29, 1.82) is 0 Å². The van der Waals surface area contributed by atoms with Gasteiger partial charge >= 0.3 is 5.63 Å². The van der Waals surface area contributed by atoms with E-state index in [1.54, 1.807) is 26.0 Å². The molecule has 2 aliphatic rings. The lowest BCUT2D eigenvalue weighted by molar-refractivity contribution is -0.133. The van der Waals surface area contributed by atoms with Gasteiger partial charge in [0.2, 0.25) is 0 Å².